The van der Waals surface area contributed by atoms with Gasteiger partial charge in [0, 0.05) is 7.05 Å². The fourth-order valence-corrected chi connectivity index (χ4v) is 1.63. The summed E-state index contributed by atoms with van der Waals surface area (Å²) in [7, 11) is 5.06. The molecule has 0 aliphatic carbocycles. The lowest BCUT2D eigenvalue weighted by Gasteiger charge is -2.49. The van der Waals surface area contributed by atoms with Gasteiger partial charge in [-0.3, -0.25) is 0 Å². The third-order valence-electron chi connectivity index (χ3n) is 2.62. The highest BCUT2D eigenvalue weighted by Gasteiger charge is 2.17. The van der Waals surface area contributed by atoms with Crippen molar-refractivity contribution in [1.82, 2.24) is 0 Å². The minimum absolute atomic E-state index is 0.321. The molecule has 0 aliphatic rings. The summed E-state index contributed by atoms with van der Waals surface area (Å²) in [5.74, 6) is 0. The summed E-state index contributed by atoms with van der Waals surface area (Å²) in [5.41, 5.74) is 1.89. The molecule has 3 heteroatoms. The van der Waals surface area contributed by atoms with E-state index in [-0.39, 0.29) is 6.04 Å². The van der Waals surface area contributed by atoms with Gasteiger partial charge in [0.05, 0.1) is 6.61 Å². The molecule has 0 spiro atoms. The van der Waals surface area contributed by atoms with Crippen molar-refractivity contribution in [1.29, 1.82) is 0 Å². The average molecular weight is 234 g/mol. The van der Waals surface area contributed by atoms with Crippen LogP contribution >= 0.6 is 0 Å². The number of ether oxygens (including phenoxy) is 1. The summed E-state index contributed by atoms with van der Waals surface area (Å²) >= 11 is 0. The number of hydroxylamine groups is 3. The van der Waals surface area contributed by atoms with Gasteiger partial charge in [-0.05, 0) is 18.1 Å². The highest BCUT2D eigenvalue weighted by molar-refractivity contribution is 5.13. The van der Waals surface area contributed by atoms with Gasteiger partial charge in [-0.2, -0.15) is 0 Å². The maximum absolute atomic E-state index is 11.8. The van der Waals surface area contributed by atoms with E-state index in [9.17, 15) is 5.21 Å². The van der Waals surface area contributed by atoms with Crippen LogP contribution < -0.4 is 0 Å². The Bertz CT molecular complexity index is 354. The minimum Gasteiger partial charge on any atom is -0.662 e. The number of hydrogen-bond acceptors (Lipinski definition) is 2. The minimum atomic E-state index is -0.649. The molecular weight excluding hydrogens is 214 g/mol. The zero-order valence-corrected chi connectivity index (χ0v) is 10.6. The van der Waals surface area contributed by atoms with E-state index >= 15 is 0 Å². The molecule has 0 saturated carbocycles. The second-order valence-corrected chi connectivity index (χ2v) is 4.54. The van der Waals surface area contributed by atoms with Gasteiger partial charge in [0.2, 0.25) is 0 Å². The summed E-state index contributed by atoms with van der Waals surface area (Å²) in [4.78, 5) is 0. The normalized spacial score (nSPS) is 16.2. The smallest absolute Gasteiger partial charge is 0.109 e. The van der Waals surface area contributed by atoms with Crippen LogP contribution in [0.15, 0.2) is 42.5 Å². The van der Waals surface area contributed by atoms with Crippen molar-refractivity contribution in [2.75, 3.05) is 13.7 Å². The first kappa shape index (κ1) is 13.9. The van der Waals surface area contributed by atoms with Crippen LogP contribution in [0.1, 0.15) is 12.5 Å². The van der Waals surface area contributed by atoms with Gasteiger partial charge < -0.3 is 14.6 Å². The highest BCUT2D eigenvalue weighted by atomic mass is 16.6. The molecule has 2 atom stereocenters. The fraction of sp³-hybridized carbons (Fsp3) is 0.357. The lowest BCUT2D eigenvalue weighted by atomic mass is 10.1. The van der Waals surface area contributed by atoms with Crippen LogP contribution in [0.3, 0.4) is 0 Å². The average Bonchev–Trinajstić information content (AvgIpc) is 2.23. The van der Waals surface area contributed by atoms with Crippen molar-refractivity contribution in [2.45, 2.75) is 19.6 Å². The Morgan fingerprint density at radius 2 is 2.06 bits per heavy atom. The van der Waals surface area contributed by atoms with Crippen molar-refractivity contribution >= 4 is 0 Å². The first-order chi connectivity index (χ1) is 7.91. The number of hydrogen-bond donors (Lipinski definition) is 0. The Labute approximate surface area is 103 Å². The van der Waals surface area contributed by atoms with Crippen LogP contribution in [-0.2, 0) is 11.3 Å². The Balaban J connectivity index is 2.46. The second kappa shape index (κ2) is 5.96. The van der Waals surface area contributed by atoms with Gasteiger partial charge >= 0.3 is 0 Å². The molecule has 0 heterocycles. The Morgan fingerprint density at radius 1 is 1.47 bits per heavy atom. The molecule has 1 aromatic rings. The first-order valence-corrected chi connectivity index (χ1v) is 5.60. The van der Waals surface area contributed by atoms with Crippen LogP contribution in [0, 0.1) is 12.3 Å². The third-order valence-corrected chi connectivity index (χ3v) is 2.62. The van der Waals surface area contributed by atoms with Crippen molar-refractivity contribution in [2.24, 2.45) is 0 Å². The molecule has 17 heavy (non-hydrogen) atoms. The zero-order chi connectivity index (χ0) is 12.9. The summed E-state index contributed by atoms with van der Waals surface area (Å²) in [6.07, 6.45) is 0. The highest BCUT2D eigenvalue weighted by Crippen LogP contribution is 2.15. The number of rotatable bonds is 6. The quantitative estimate of drug-likeness (QED) is 0.328. The van der Waals surface area contributed by atoms with E-state index in [4.69, 9.17) is 4.74 Å². The predicted molar refractivity (Wildman–Crippen MR) is 69.6 cm³/mol. The van der Waals surface area contributed by atoms with Crippen LogP contribution in [0.5, 0.6) is 0 Å². The van der Waals surface area contributed by atoms with E-state index in [1.165, 1.54) is 7.05 Å². The zero-order valence-electron chi connectivity index (χ0n) is 10.6. The van der Waals surface area contributed by atoms with Gasteiger partial charge in [-0.15, -0.1) is 7.05 Å². The maximum atomic E-state index is 11.8. The van der Waals surface area contributed by atoms with Crippen molar-refractivity contribution < 1.29 is 9.38 Å². The summed E-state index contributed by atoms with van der Waals surface area (Å²) in [6, 6.07) is 9.55. The molecule has 1 rings (SSSR count). The molecule has 3 nitrogen and oxygen atoms in total. The van der Waals surface area contributed by atoms with Gasteiger partial charge in [0.15, 0.2) is 0 Å². The Kier molecular flexibility index (Phi) is 4.87. The van der Waals surface area contributed by atoms with Crippen LogP contribution in [0.4, 0.5) is 0 Å². The molecule has 0 N–H and O–H groups in total. The molecule has 2 unspecified atom stereocenters. The summed E-state index contributed by atoms with van der Waals surface area (Å²) < 4.78 is 4.90. The van der Waals surface area contributed by atoms with Crippen LogP contribution in [0.2, 0.25) is 0 Å². The number of benzene rings is 1. The van der Waals surface area contributed by atoms with E-state index in [0.717, 1.165) is 11.1 Å². The van der Waals surface area contributed by atoms with Gasteiger partial charge in [-0.1, -0.05) is 36.9 Å². The van der Waals surface area contributed by atoms with Gasteiger partial charge in [0.25, 0.3) is 0 Å². The summed E-state index contributed by atoms with van der Waals surface area (Å²) in [6.45, 7) is 6.49. The fourth-order valence-electron chi connectivity index (χ4n) is 1.63. The Morgan fingerprint density at radius 3 is 2.53 bits per heavy atom. The SMILES string of the molecule is C=C(C)C(COCc1ccccc1)[N+]([CH2-])(C)[O-]. The largest absolute Gasteiger partial charge is 0.662 e. The molecule has 0 aliphatic heterocycles. The van der Waals surface area contributed by atoms with E-state index in [2.05, 4.69) is 13.6 Å². The third kappa shape index (κ3) is 4.69. The predicted octanol–water partition coefficient (Wildman–Crippen LogP) is 2.88. The number of quaternary nitrogens is 1. The van der Waals surface area contributed by atoms with E-state index in [0.29, 0.717) is 13.2 Å². The van der Waals surface area contributed by atoms with Gasteiger partial charge in [0.1, 0.15) is 12.6 Å². The second-order valence-electron chi connectivity index (χ2n) is 4.54. The molecule has 0 radical (unpaired) electrons. The van der Waals surface area contributed by atoms with E-state index in [1.54, 1.807) is 0 Å². The standard InChI is InChI=1S/C14H20NO2/c1-12(2)14(15(3,4)16)11-17-10-13-8-6-5-7-9-13/h5-9,14H,1,3,10-11H2,2,4H3/q-1. The molecule has 0 fully saturated rings. The number of likely N-dealkylation sites (N-methyl/N-ethyl adjacent to an activating group) is 1. The van der Waals surface area contributed by atoms with E-state index in [1.807, 2.05) is 37.3 Å². The number of nitrogens with zero attached hydrogens (tertiary/aromatic N) is 1. The van der Waals surface area contributed by atoms with Crippen LogP contribution in [-0.4, -0.2) is 24.3 Å². The Hall–Kier alpha value is -1.16. The molecular formula is C14H20NO2-. The molecule has 94 valence electrons. The van der Waals surface area contributed by atoms with Crippen molar-refractivity contribution in [3.8, 4) is 0 Å². The van der Waals surface area contributed by atoms with Crippen LogP contribution in [0.25, 0.3) is 0 Å². The summed E-state index contributed by atoms with van der Waals surface area (Å²) in [5, 5.41) is 11.8. The first-order valence-electron chi connectivity index (χ1n) is 5.60. The lowest BCUT2D eigenvalue weighted by Crippen LogP contribution is -2.45. The molecule has 0 bridgehead atoms. The topological polar surface area (TPSA) is 32.3 Å². The molecule has 0 saturated heterocycles. The van der Waals surface area contributed by atoms with Gasteiger partial charge in [-0.25, -0.2) is 0 Å². The van der Waals surface area contributed by atoms with Crippen molar-refractivity contribution in [3.05, 3.63) is 60.3 Å². The molecule has 1 aromatic carbocycles. The molecule has 0 aromatic heterocycles. The maximum Gasteiger partial charge on any atom is 0.109 e. The van der Waals surface area contributed by atoms with E-state index < -0.39 is 4.65 Å². The van der Waals surface area contributed by atoms with Crippen molar-refractivity contribution in [3.63, 3.8) is 0 Å². The lowest BCUT2D eigenvalue weighted by molar-refractivity contribution is -0.836. The molecule has 0 amide bonds. The monoisotopic (exact) mass is 234 g/mol.